The fourth-order valence-corrected chi connectivity index (χ4v) is 1.69. The molecule has 6 heteroatoms. The van der Waals surface area contributed by atoms with E-state index in [1.54, 1.807) is 0 Å². The summed E-state index contributed by atoms with van der Waals surface area (Å²) in [6.45, 7) is 8.03. The highest BCUT2D eigenvalue weighted by molar-refractivity contribution is 5.31. The van der Waals surface area contributed by atoms with Gasteiger partial charge in [-0.05, 0) is 37.5 Å². The molecule has 0 amide bonds. The highest BCUT2D eigenvalue weighted by atomic mass is 16.5. The first-order chi connectivity index (χ1) is 9.94. The van der Waals surface area contributed by atoms with Gasteiger partial charge in [0.15, 0.2) is 0 Å². The Balaban J connectivity index is 2.16. The molecule has 0 saturated heterocycles. The first-order valence-corrected chi connectivity index (χ1v) is 6.90. The van der Waals surface area contributed by atoms with Crippen molar-refractivity contribution in [3.05, 3.63) is 29.8 Å². The number of rotatable bonds is 5. The van der Waals surface area contributed by atoms with Crippen LogP contribution in [0, 0.1) is 0 Å². The van der Waals surface area contributed by atoms with Crippen LogP contribution in [-0.4, -0.2) is 21.1 Å². The molecule has 1 aromatic carbocycles. The van der Waals surface area contributed by atoms with Gasteiger partial charge < -0.3 is 15.2 Å². The molecule has 0 fully saturated rings. The average molecular weight is 288 g/mol. The van der Waals surface area contributed by atoms with Crippen LogP contribution in [0.5, 0.6) is 17.8 Å². The van der Waals surface area contributed by atoms with Crippen LogP contribution < -0.4 is 15.2 Å². The summed E-state index contributed by atoms with van der Waals surface area (Å²) in [5, 5.41) is 0. The van der Waals surface area contributed by atoms with Crippen LogP contribution in [0.25, 0.3) is 0 Å². The third-order valence-electron chi connectivity index (χ3n) is 2.71. The lowest BCUT2D eigenvalue weighted by atomic mass is 10.0. The molecular formula is C15H20N4O2. The van der Waals surface area contributed by atoms with Crippen molar-refractivity contribution in [2.75, 3.05) is 5.73 Å². The van der Waals surface area contributed by atoms with Crippen LogP contribution in [0.1, 0.15) is 39.2 Å². The third-order valence-corrected chi connectivity index (χ3v) is 2.71. The summed E-state index contributed by atoms with van der Waals surface area (Å²) in [4.78, 5) is 11.9. The van der Waals surface area contributed by atoms with E-state index in [2.05, 4.69) is 28.8 Å². The number of hydrogen-bond donors (Lipinski definition) is 1. The molecule has 0 atom stereocenters. The van der Waals surface area contributed by atoms with Gasteiger partial charge in [-0.1, -0.05) is 26.0 Å². The predicted molar refractivity (Wildman–Crippen MR) is 80.6 cm³/mol. The standard InChI is InChI=1S/C15H20N4O2/c1-9(2)11-5-7-12(8-6-11)21-15-18-13(16)17-14(19-15)20-10(3)4/h5-10H,1-4H3,(H2,16,17,18,19). The van der Waals surface area contributed by atoms with Crippen LogP contribution in [0.4, 0.5) is 5.95 Å². The van der Waals surface area contributed by atoms with E-state index in [4.69, 9.17) is 15.2 Å². The smallest absolute Gasteiger partial charge is 0.330 e. The largest absolute Gasteiger partial charge is 0.461 e. The molecule has 0 unspecified atom stereocenters. The molecule has 0 saturated carbocycles. The van der Waals surface area contributed by atoms with E-state index >= 15 is 0 Å². The maximum Gasteiger partial charge on any atom is 0.330 e. The van der Waals surface area contributed by atoms with E-state index in [1.807, 2.05) is 38.1 Å². The van der Waals surface area contributed by atoms with Crippen molar-refractivity contribution in [3.8, 4) is 17.8 Å². The summed E-state index contributed by atoms with van der Waals surface area (Å²) in [5.74, 6) is 1.17. The number of ether oxygens (including phenoxy) is 2. The minimum Gasteiger partial charge on any atom is -0.461 e. The van der Waals surface area contributed by atoms with Crippen molar-refractivity contribution in [3.63, 3.8) is 0 Å². The van der Waals surface area contributed by atoms with Crippen LogP contribution in [0.15, 0.2) is 24.3 Å². The summed E-state index contributed by atoms with van der Waals surface area (Å²) in [6, 6.07) is 8.05. The van der Waals surface area contributed by atoms with E-state index in [9.17, 15) is 0 Å². The van der Waals surface area contributed by atoms with Crippen molar-refractivity contribution in [1.82, 2.24) is 15.0 Å². The first kappa shape index (κ1) is 15.0. The second kappa shape index (κ2) is 6.39. The van der Waals surface area contributed by atoms with Crippen molar-refractivity contribution in [2.24, 2.45) is 0 Å². The Kier molecular flexibility index (Phi) is 4.57. The highest BCUT2D eigenvalue weighted by Gasteiger charge is 2.09. The maximum absolute atomic E-state index is 5.63. The summed E-state index contributed by atoms with van der Waals surface area (Å²) < 4.78 is 11.0. The third kappa shape index (κ3) is 4.30. The summed E-state index contributed by atoms with van der Waals surface area (Å²) in [6.07, 6.45) is -0.0509. The molecule has 1 heterocycles. The first-order valence-electron chi connectivity index (χ1n) is 6.90. The topological polar surface area (TPSA) is 83.2 Å². The number of aromatic nitrogens is 3. The Labute approximate surface area is 124 Å². The zero-order valence-electron chi connectivity index (χ0n) is 12.7. The molecule has 2 aromatic rings. The van der Waals surface area contributed by atoms with Crippen molar-refractivity contribution in [1.29, 1.82) is 0 Å². The Hall–Kier alpha value is -2.37. The van der Waals surface area contributed by atoms with Gasteiger partial charge in [-0.3, -0.25) is 0 Å². The molecule has 0 aliphatic carbocycles. The molecule has 0 spiro atoms. The Morgan fingerprint density at radius 2 is 1.52 bits per heavy atom. The van der Waals surface area contributed by atoms with Gasteiger partial charge >= 0.3 is 12.0 Å². The van der Waals surface area contributed by atoms with Crippen LogP contribution in [0.3, 0.4) is 0 Å². The van der Waals surface area contributed by atoms with Crippen molar-refractivity contribution < 1.29 is 9.47 Å². The Morgan fingerprint density at radius 3 is 2.10 bits per heavy atom. The molecule has 6 nitrogen and oxygen atoms in total. The molecule has 21 heavy (non-hydrogen) atoms. The van der Waals surface area contributed by atoms with Crippen LogP contribution in [0.2, 0.25) is 0 Å². The molecule has 112 valence electrons. The van der Waals surface area contributed by atoms with Crippen LogP contribution >= 0.6 is 0 Å². The lowest BCUT2D eigenvalue weighted by molar-refractivity contribution is 0.219. The van der Waals surface area contributed by atoms with Gasteiger partial charge in [-0.25, -0.2) is 0 Å². The number of nitrogens with two attached hydrogens (primary N) is 1. The highest BCUT2D eigenvalue weighted by Crippen LogP contribution is 2.23. The quantitative estimate of drug-likeness (QED) is 0.909. The molecule has 1 aromatic heterocycles. The minimum atomic E-state index is -0.0509. The SMILES string of the molecule is CC(C)Oc1nc(N)nc(Oc2ccc(C(C)C)cc2)n1. The van der Waals surface area contributed by atoms with E-state index in [1.165, 1.54) is 5.56 Å². The molecule has 0 radical (unpaired) electrons. The van der Waals surface area contributed by atoms with E-state index in [0.717, 1.165) is 0 Å². The van der Waals surface area contributed by atoms with Gasteiger partial charge in [0.25, 0.3) is 0 Å². The zero-order valence-corrected chi connectivity index (χ0v) is 12.7. The fraction of sp³-hybridized carbons (Fsp3) is 0.400. The van der Waals surface area contributed by atoms with Gasteiger partial charge in [0.2, 0.25) is 5.95 Å². The molecule has 0 bridgehead atoms. The summed E-state index contributed by atoms with van der Waals surface area (Å²) >= 11 is 0. The van der Waals surface area contributed by atoms with Gasteiger partial charge in [0.05, 0.1) is 6.10 Å². The number of benzene rings is 1. The number of anilines is 1. The molecule has 2 rings (SSSR count). The van der Waals surface area contributed by atoms with E-state index in [-0.39, 0.29) is 24.1 Å². The zero-order chi connectivity index (χ0) is 15.4. The van der Waals surface area contributed by atoms with E-state index < -0.39 is 0 Å². The second-order valence-corrected chi connectivity index (χ2v) is 5.25. The Bertz CT molecular complexity index is 597. The van der Waals surface area contributed by atoms with Gasteiger partial charge in [0, 0.05) is 0 Å². The van der Waals surface area contributed by atoms with Crippen molar-refractivity contribution >= 4 is 5.95 Å². The molecular weight excluding hydrogens is 268 g/mol. The second-order valence-electron chi connectivity index (χ2n) is 5.25. The van der Waals surface area contributed by atoms with Gasteiger partial charge in [-0.15, -0.1) is 4.98 Å². The van der Waals surface area contributed by atoms with Crippen molar-refractivity contribution in [2.45, 2.75) is 39.7 Å². The van der Waals surface area contributed by atoms with Gasteiger partial charge in [-0.2, -0.15) is 9.97 Å². The minimum absolute atomic E-state index is 0.0509. The van der Waals surface area contributed by atoms with E-state index in [0.29, 0.717) is 11.7 Å². The lowest BCUT2D eigenvalue weighted by Crippen LogP contribution is -2.11. The Morgan fingerprint density at radius 1 is 0.905 bits per heavy atom. The number of nitrogens with zero attached hydrogens (tertiary/aromatic N) is 3. The molecule has 0 aliphatic heterocycles. The van der Waals surface area contributed by atoms with Crippen LogP contribution in [-0.2, 0) is 0 Å². The average Bonchev–Trinajstić information content (AvgIpc) is 2.37. The lowest BCUT2D eigenvalue weighted by Gasteiger charge is -2.10. The molecule has 2 N–H and O–H groups in total. The predicted octanol–water partition coefficient (Wildman–Crippen LogP) is 3.16. The monoisotopic (exact) mass is 288 g/mol. The normalized spacial score (nSPS) is 11.0. The molecule has 0 aliphatic rings. The number of nitrogen functional groups attached to an aromatic ring is 1. The summed E-state index contributed by atoms with van der Waals surface area (Å²) in [5.41, 5.74) is 6.87. The fourth-order valence-electron chi connectivity index (χ4n) is 1.69. The maximum atomic E-state index is 5.63. The number of hydrogen-bond acceptors (Lipinski definition) is 6. The van der Waals surface area contributed by atoms with Gasteiger partial charge in [0.1, 0.15) is 5.75 Å². The summed E-state index contributed by atoms with van der Waals surface area (Å²) in [7, 11) is 0.